The lowest BCUT2D eigenvalue weighted by Crippen LogP contribution is -2.10. The molecule has 0 amide bonds. The molecule has 0 bridgehead atoms. The molecular formula is C21H17IO2S. The maximum Gasteiger partial charge on any atom is 0.177 e. The van der Waals surface area contributed by atoms with Crippen LogP contribution in [0, 0.1) is 0 Å². The monoisotopic (exact) mass is 460 g/mol. The maximum absolute atomic E-state index is 6.33. The van der Waals surface area contributed by atoms with Crippen molar-refractivity contribution < 1.29 is 9.47 Å². The quantitative estimate of drug-likeness (QED) is 0.433. The van der Waals surface area contributed by atoms with Crippen molar-refractivity contribution in [2.45, 2.75) is 6.92 Å². The van der Waals surface area contributed by atoms with Crippen LogP contribution in [0.1, 0.15) is 22.9 Å². The Morgan fingerprint density at radius 2 is 1.60 bits per heavy atom. The average molecular weight is 460 g/mol. The summed E-state index contributed by atoms with van der Waals surface area (Å²) in [6, 6.07) is 20.7. The van der Waals surface area contributed by atoms with Gasteiger partial charge in [0.2, 0.25) is 0 Å². The first-order valence-electron chi connectivity index (χ1n) is 7.94. The van der Waals surface area contributed by atoms with Gasteiger partial charge in [0.1, 0.15) is 11.5 Å². The summed E-state index contributed by atoms with van der Waals surface area (Å²) in [5.74, 6) is 1.70. The molecule has 0 spiro atoms. The van der Waals surface area contributed by atoms with E-state index < -0.39 is 0 Å². The lowest BCUT2D eigenvalue weighted by Gasteiger charge is -2.18. The van der Waals surface area contributed by atoms with Gasteiger partial charge in [-0.05, 0) is 74.5 Å². The Balaban J connectivity index is 1.76. The van der Waals surface area contributed by atoms with Gasteiger partial charge >= 0.3 is 0 Å². The highest BCUT2D eigenvalue weighted by atomic mass is 127. The van der Waals surface area contributed by atoms with Crippen LogP contribution in [0.15, 0.2) is 66.0 Å². The van der Waals surface area contributed by atoms with E-state index in [0.717, 1.165) is 15.2 Å². The molecule has 1 aliphatic heterocycles. The second-order valence-corrected chi connectivity index (χ2v) is 9.13. The van der Waals surface area contributed by atoms with Gasteiger partial charge in [-0.25, -0.2) is 0 Å². The third-order valence-electron chi connectivity index (χ3n) is 4.05. The summed E-state index contributed by atoms with van der Waals surface area (Å²) < 4.78 is 14.1. The third-order valence-corrected chi connectivity index (χ3v) is 8.55. The highest BCUT2D eigenvalue weighted by molar-refractivity contribution is 14.2. The number of hydrogen-bond acceptors (Lipinski definition) is 3. The molecule has 4 heteroatoms. The summed E-state index contributed by atoms with van der Waals surface area (Å²) in [6.07, 6.45) is 0. The summed E-state index contributed by atoms with van der Waals surface area (Å²) >= 11 is 1.38. The van der Waals surface area contributed by atoms with E-state index in [9.17, 15) is 0 Å². The van der Waals surface area contributed by atoms with Gasteiger partial charge in [0, 0.05) is 9.14 Å². The van der Waals surface area contributed by atoms with Gasteiger partial charge < -0.3 is 9.47 Å². The molecule has 25 heavy (non-hydrogen) atoms. The molecular weight excluding hydrogens is 443 g/mol. The number of halogens is 1. The molecule has 1 aliphatic rings. The van der Waals surface area contributed by atoms with Gasteiger partial charge in [0.05, 0.1) is 12.0 Å². The van der Waals surface area contributed by atoms with Crippen LogP contribution >= 0.6 is 32.1 Å². The zero-order chi connectivity index (χ0) is 17.2. The molecule has 1 aromatic heterocycles. The molecule has 2 nitrogen and oxygen atoms in total. The summed E-state index contributed by atoms with van der Waals surface area (Å²) in [5, 5.41) is 2.16. The molecule has 2 heterocycles. The molecule has 4 rings (SSSR count). The lowest BCUT2D eigenvalue weighted by molar-refractivity contribution is 0.414. The number of methoxy groups -OCH3 is 1. The first-order chi connectivity index (χ1) is 12.3. The minimum absolute atomic E-state index is 0.383. The summed E-state index contributed by atoms with van der Waals surface area (Å²) in [5.41, 5.74) is 4.00. The molecule has 0 aliphatic carbocycles. The van der Waals surface area contributed by atoms with Crippen molar-refractivity contribution in [3.63, 3.8) is 0 Å². The Labute approximate surface area is 161 Å². The van der Waals surface area contributed by atoms with E-state index >= 15 is 0 Å². The van der Waals surface area contributed by atoms with Crippen molar-refractivity contribution >= 4 is 44.9 Å². The third kappa shape index (κ3) is 3.28. The Morgan fingerprint density at radius 1 is 0.880 bits per heavy atom. The van der Waals surface area contributed by atoms with Crippen LogP contribution in [0.25, 0.3) is 9.15 Å². The van der Waals surface area contributed by atoms with Crippen LogP contribution in [-0.4, -0.2) is 10.8 Å². The number of thiophene rings is 1. The first kappa shape index (κ1) is 16.5. The van der Waals surface area contributed by atoms with Crippen LogP contribution in [0.5, 0.6) is 11.5 Å². The van der Waals surface area contributed by atoms with E-state index in [4.69, 9.17) is 9.47 Å². The van der Waals surface area contributed by atoms with Crippen molar-refractivity contribution in [1.29, 1.82) is 0 Å². The van der Waals surface area contributed by atoms with E-state index in [0.29, 0.717) is 0 Å². The Morgan fingerprint density at radius 3 is 2.32 bits per heavy atom. The lowest BCUT2D eigenvalue weighted by atomic mass is 10.1. The fourth-order valence-corrected chi connectivity index (χ4v) is 6.96. The topological polar surface area (TPSA) is 18.5 Å². The number of hydrogen-bond donors (Lipinski definition) is 0. The Kier molecular flexibility index (Phi) is 4.72. The Hall–Kier alpha value is -1.92. The van der Waals surface area contributed by atoms with E-state index in [1.54, 1.807) is 18.4 Å². The minimum atomic E-state index is -0.383. The number of allylic oxidation sites excluding steroid dienone is 1. The summed E-state index contributed by atoms with van der Waals surface area (Å²) in [7, 11) is 1.68. The van der Waals surface area contributed by atoms with E-state index in [1.165, 1.54) is 25.2 Å². The van der Waals surface area contributed by atoms with Gasteiger partial charge in [-0.2, -0.15) is 0 Å². The molecule has 3 aromatic rings. The maximum atomic E-state index is 6.33. The molecule has 0 radical (unpaired) electrons. The van der Waals surface area contributed by atoms with Crippen molar-refractivity contribution in [2.24, 2.45) is 0 Å². The number of fused-ring (bicyclic) bond motifs is 1. The SMILES string of the molecule is COc1ccc(OC2=IC(c3ccccc3)=C(C)c3ccsc32)cc1. The molecule has 2 aromatic carbocycles. The largest absolute Gasteiger partial charge is 0.497 e. The normalized spacial score (nSPS) is 13.6. The van der Waals surface area contributed by atoms with Crippen molar-refractivity contribution in [1.82, 2.24) is 0 Å². The highest BCUT2D eigenvalue weighted by Gasteiger charge is 2.22. The molecule has 0 atom stereocenters. The van der Waals surface area contributed by atoms with Crippen molar-refractivity contribution in [3.05, 3.63) is 82.0 Å². The van der Waals surface area contributed by atoms with Gasteiger partial charge in [-0.15, -0.1) is 11.3 Å². The zero-order valence-electron chi connectivity index (χ0n) is 14.0. The predicted molar refractivity (Wildman–Crippen MR) is 115 cm³/mol. The number of rotatable bonds is 4. The van der Waals surface area contributed by atoms with Crippen LogP contribution in [0.4, 0.5) is 0 Å². The average Bonchev–Trinajstić information content (AvgIpc) is 3.16. The first-order valence-corrected chi connectivity index (χ1v) is 11.0. The van der Waals surface area contributed by atoms with E-state index in [2.05, 4.69) is 48.7 Å². The Bertz CT molecular complexity index is 953. The molecule has 0 saturated heterocycles. The molecule has 0 N–H and O–H groups in total. The van der Waals surface area contributed by atoms with Crippen molar-refractivity contribution in [3.8, 4) is 11.5 Å². The fraction of sp³-hybridized carbons (Fsp3) is 0.0952. The number of benzene rings is 2. The summed E-state index contributed by atoms with van der Waals surface area (Å²) in [4.78, 5) is 1.28. The van der Waals surface area contributed by atoms with Gasteiger partial charge in [-0.1, -0.05) is 30.3 Å². The second-order valence-electron chi connectivity index (χ2n) is 5.61. The van der Waals surface area contributed by atoms with Gasteiger partial charge in [0.15, 0.2) is 3.69 Å². The van der Waals surface area contributed by atoms with Crippen LogP contribution in [0.3, 0.4) is 0 Å². The van der Waals surface area contributed by atoms with Crippen LogP contribution in [-0.2, 0) is 0 Å². The highest BCUT2D eigenvalue weighted by Crippen LogP contribution is 2.44. The summed E-state index contributed by atoms with van der Waals surface area (Å²) in [6.45, 7) is 2.23. The molecule has 0 fully saturated rings. The molecule has 0 saturated carbocycles. The van der Waals surface area contributed by atoms with Gasteiger partial charge in [-0.3, -0.25) is 0 Å². The predicted octanol–water partition coefficient (Wildman–Crippen LogP) is 6.19. The second kappa shape index (κ2) is 7.14. The molecule has 126 valence electrons. The standard InChI is InChI=1S/C21H17IO2S/c1-14-18-12-13-25-20(18)21(22-19(14)15-6-4-3-5-7-15)24-17-10-8-16(23-2)9-11-17/h3-13H,1-2H3. The smallest absolute Gasteiger partial charge is 0.177 e. The van der Waals surface area contributed by atoms with Crippen LogP contribution < -0.4 is 9.47 Å². The number of ether oxygens (including phenoxy) is 2. The minimum Gasteiger partial charge on any atom is -0.497 e. The van der Waals surface area contributed by atoms with Crippen molar-refractivity contribution in [2.75, 3.05) is 7.11 Å². The molecule has 0 unspecified atom stereocenters. The zero-order valence-corrected chi connectivity index (χ0v) is 16.9. The van der Waals surface area contributed by atoms with Crippen LogP contribution in [0.2, 0.25) is 0 Å². The fourth-order valence-electron chi connectivity index (χ4n) is 2.74. The van der Waals surface area contributed by atoms with E-state index in [1.807, 2.05) is 24.3 Å². The van der Waals surface area contributed by atoms with E-state index in [-0.39, 0.29) is 20.7 Å². The van der Waals surface area contributed by atoms with Gasteiger partial charge in [0.25, 0.3) is 0 Å².